The number of aromatic nitrogens is 2. The van der Waals surface area contributed by atoms with Crippen molar-refractivity contribution in [2.75, 3.05) is 36.4 Å². The number of nitrogens with one attached hydrogen (secondary N) is 1. The van der Waals surface area contributed by atoms with Crippen LogP contribution in [0.2, 0.25) is 0 Å². The second-order valence-corrected chi connectivity index (χ2v) is 9.50. The molecular weight excluding hydrogens is 438 g/mol. The highest BCUT2D eigenvalue weighted by Gasteiger charge is 2.27. The molecule has 9 heteroatoms. The van der Waals surface area contributed by atoms with Crippen LogP contribution in [0.15, 0.2) is 53.5 Å². The molecule has 8 nitrogen and oxygen atoms in total. The minimum Gasteiger partial charge on any atom is -0.444 e. The van der Waals surface area contributed by atoms with Crippen LogP contribution in [0.1, 0.15) is 31.3 Å². The van der Waals surface area contributed by atoms with Crippen molar-refractivity contribution in [3.63, 3.8) is 0 Å². The van der Waals surface area contributed by atoms with Gasteiger partial charge in [0.15, 0.2) is 0 Å². The van der Waals surface area contributed by atoms with E-state index in [4.69, 9.17) is 4.74 Å². The van der Waals surface area contributed by atoms with Gasteiger partial charge in [-0.2, -0.15) is 11.3 Å². The predicted octanol–water partition coefficient (Wildman–Crippen LogP) is 4.51. The van der Waals surface area contributed by atoms with Crippen molar-refractivity contribution in [1.82, 2.24) is 14.9 Å². The van der Waals surface area contributed by atoms with Gasteiger partial charge in [0.2, 0.25) is 0 Å². The van der Waals surface area contributed by atoms with Gasteiger partial charge in [-0.25, -0.2) is 9.78 Å². The van der Waals surface area contributed by atoms with Crippen molar-refractivity contribution in [3.05, 3.63) is 59.2 Å². The zero-order chi connectivity index (χ0) is 23.4. The average molecular weight is 466 g/mol. The first-order valence-corrected chi connectivity index (χ1v) is 11.7. The van der Waals surface area contributed by atoms with Gasteiger partial charge >= 0.3 is 6.09 Å². The number of rotatable bonds is 4. The predicted molar refractivity (Wildman–Crippen MR) is 130 cm³/mol. The molecule has 0 saturated carbocycles. The molecule has 4 rings (SSSR count). The molecule has 3 aromatic rings. The Balaban J connectivity index is 1.44. The molecular formula is C24H27N5O3S. The smallest absolute Gasteiger partial charge is 0.410 e. The Morgan fingerprint density at radius 1 is 1.09 bits per heavy atom. The molecule has 0 radical (unpaired) electrons. The van der Waals surface area contributed by atoms with Gasteiger partial charge in [0.1, 0.15) is 11.3 Å². The Hall–Kier alpha value is -3.46. The first kappa shape index (κ1) is 22.7. The zero-order valence-corrected chi connectivity index (χ0v) is 19.8. The van der Waals surface area contributed by atoms with E-state index in [1.165, 1.54) is 0 Å². The van der Waals surface area contributed by atoms with E-state index in [1.807, 2.05) is 55.8 Å². The number of pyridine rings is 2. The van der Waals surface area contributed by atoms with Gasteiger partial charge in [0, 0.05) is 43.3 Å². The number of anilines is 2. The summed E-state index contributed by atoms with van der Waals surface area (Å²) in [6.07, 6.45) is 3.03. The van der Waals surface area contributed by atoms with Crippen LogP contribution in [-0.2, 0) is 4.74 Å². The lowest BCUT2D eigenvalue weighted by Gasteiger charge is -2.37. The molecule has 0 spiro atoms. The summed E-state index contributed by atoms with van der Waals surface area (Å²) in [6.45, 7) is 7.90. The van der Waals surface area contributed by atoms with Crippen molar-refractivity contribution >= 4 is 34.7 Å². The lowest BCUT2D eigenvalue weighted by atomic mass is 10.2. The van der Waals surface area contributed by atoms with E-state index in [1.54, 1.807) is 34.7 Å². The Morgan fingerprint density at radius 3 is 2.58 bits per heavy atom. The van der Waals surface area contributed by atoms with E-state index in [0.29, 0.717) is 37.6 Å². The average Bonchev–Trinajstić information content (AvgIpc) is 3.34. The lowest BCUT2D eigenvalue weighted by Crippen LogP contribution is -2.50. The number of nitrogens with zero attached hydrogens (tertiary/aromatic N) is 4. The molecule has 0 bridgehead atoms. The summed E-state index contributed by atoms with van der Waals surface area (Å²) in [4.78, 5) is 37.8. The Morgan fingerprint density at radius 2 is 1.88 bits per heavy atom. The summed E-state index contributed by atoms with van der Waals surface area (Å²) in [5.41, 5.74) is 3.02. The van der Waals surface area contributed by atoms with E-state index >= 15 is 0 Å². The minimum absolute atomic E-state index is 0.297. The molecule has 1 fully saturated rings. The standard InChI is InChI=1S/C24H27N5O3S/c1-24(2,3)32-23(31)29-12-10-28(11-13-29)21-7-9-25-15-20(21)27-22(30)19-6-4-5-18(26-19)17-8-14-33-16-17/h4-9,14-16H,10-13H2,1-3H3,(H,27,30). The number of amides is 2. The quantitative estimate of drug-likeness (QED) is 0.610. The van der Waals surface area contributed by atoms with Crippen LogP contribution >= 0.6 is 11.3 Å². The van der Waals surface area contributed by atoms with E-state index < -0.39 is 5.60 Å². The van der Waals surface area contributed by atoms with Crippen LogP contribution in [-0.4, -0.2) is 58.6 Å². The third kappa shape index (κ3) is 5.67. The molecule has 0 aliphatic carbocycles. The molecule has 0 unspecified atom stereocenters. The summed E-state index contributed by atoms with van der Waals surface area (Å²) in [5.74, 6) is -0.297. The second kappa shape index (κ2) is 9.58. The first-order chi connectivity index (χ1) is 15.8. The maximum Gasteiger partial charge on any atom is 0.410 e. The van der Waals surface area contributed by atoms with Crippen LogP contribution in [0.5, 0.6) is 0 Å². The number of carbonyl (C=O) groups is 2. The van der Waals surface area contributed by atoms with Crippen LogP contribution in [0.25, 0.3) is 11.3 Å². The molecule has 4 heterocycles. The third-order valence-electron chi connectivity index (χ3n) is 5.12. The largest absolute Gasteiger partial charge is 0.444 e. The number of hydrogen-bond donors (Lipinski definition) is 1. The molecule has 0 aromatic carbocycles. The molecule has 1 N–H and O–H groups in total. The zero-order valence-electron chi connectivity index (χ0n) is 18.9. The van der Waals surface area contributed by atoms with Crippen LogP contribution in [0.4, 0.5) is 16.2 Å². The molecule has 3 aromatic heterocycles. The van der Waals surface area contributed by atoms with Gasteiger partial charge in [-0.05, 0) is 50.4 Å². The number of hydrogen-bond acceptors (Lipinski definition) is 7. The van der Waals surface area contributed by atoms with Crippen molar-refractivity contribution in [2.45, 2.75) is 26.4 Å². The van der Waals surface area contributed by atoms with E-state index in [9.17, 15) is 9.59 Å². The van der Waals surface area contributed by atoms with Gasteiger partial charge in [-0.15, -0.1) is 0 Å². The first-order valence-electron chi connectivity index (χ1n) is 10.8. The second-order valence-electron chi connectivity index (χ2n) is 8.72. The Labute approximate surface area is 197 Å². The topological polar surface area (TPSA) is 87.7 Å². The normalized spacial score (nSPS) is 14.2. The van der Waals surface area contributed by atoms with Gasteiger partial charge in [0.25, 0.3) is 5.91 Å². The van der Waals surface area contributed by atoms with Crippen LogP contribution < -0.4 is 10.2 Å². The van der Waals surface area contributed by atoms with Gasteiger partial charge in [-0.3, -0.25) is 9.78 Å². The van der Waals surface area contributed by atoms with Crippen molar-refractivity contribution in [1.29, 1.82) is 0 Å². The fourth-order valence-corrected chi connectivity index (χ4v) is 4.18. The highest BCUT2D eigenvalue weighted by atomic mass is 32.1. The third-order valence-corrected chi connectivity index (χ3v) is 5.80. The van der Waals surface area contributed by atoms with Crippen molar-refractivity contribution < 1.29 is 14.3 Å². The number of piperazine rings is 1. The molecule has 2 amide bonds. The molecule has 33 heavy (non-hydrogen) atoms. The van der Waals surface area contributed by atoms with E-state index in [0.717, 1.165) is 16.9 Å². The van der Waals surface area contributed by atoms with Gasteiger partial charge < -0.3 is 19.9 Å². The monoisotopic (exact) mass is 465 g/mol. The van der Waals surface area contributed by atoms with Gasteiger partial charge in [-0.1, -0.05) is 6.07 Å². The van der Waals surface area contributed by atoms with Crippen LogP contribution in [0, 0.1) is 0 Å². The molecule has 1 aliphatic rings. The summed E-state index contributed by atoms with van der Waals surface area (Å²) in [5, 5.41) is 6.93. The van der Waals surface area contributed by atoms with Crippen molar-refractivity contribution in [2.24, 2.45) is 0 Å². The number of thiophene rings is 1. The highest BCUT2D eigenvalue weighted by molar-refractivity contribution is 7.08. The summed E-state index contributed by atoms with van der Waals surface area (Å²) >= 11 is 1.59. The maximum atomic E-state index is 13.0. The summed E-state index contributed by atoms with van der Waals surface area (Å²) in [6, 6.07) is 9.26. The molecule has 172 valence electrons. The lowest BCUT2D eigenvalue weighted by molar-refractivity contribution is 0.0240. The SMILES string of the molecule is CC(C)(C)OC(=O)N1CCN(c2ccncc2NC(=O)c2cccc(-c3ccsc3)n2)CC1. The highest BCUT2D eigenvalue weighted by Crippen LogP contribution is 2.27. The maximum absolute atomic E-state index is 13.0. The van der Waals surface area contributed by atoms with E-state index in [-0.39, 0.29) is 12.0 Å². The van der Waals surface area contributed by atoms with Crippen LogP contribution in [0.3, 0.4) is 0 Å². The van der Waals surface area contributed by atoms with Gasteiger partial charge in [0.05, 0.1) is 23.3 Å². The fraction of sp³-hybridized carbons (Fsp3) is 0.333. The molecule has 0 atom stereocenters. The Bertz CT molecular complexity index is 1120. The fourth-order valence-electron chi connectivity index (χ4n) is 3.53. The summed E-state index contributed by atoms with van der Waals surface area (Å²) < 4.78 is 5.48. The number of carbonyl (C=O) groups excluding carboxylic acids is 2. The van der Waals surface area contributed by atoms with E-state index in [2.05, 4.69) is 20.2 Å². The summed E-state index contributed by atoms with van der Waals surface area (Å²) in [7, 11) is 0. The number of ether oxygens (including phenoxy) is 1. The minimum atomic E-state index is -0.522. The molecule has 1 saturated heterocycles. The molecule has 1 aliphatic heterocycles. The Kier molecular flexibility index (Phi) is 6.60. The van der Waals surface area contributed by atoms with Crippen molar-refractivity contribution in [3.8, 4) is 11.3 Å².